The van der Waals surface area contributed by atoms with Crippen LogP contribution in [0.25, 0.3) is 0 Å². The molecule has 1 saturated heterocycles. The molecule has 1 heterocycles. The lowest BCUT2D eigenvalue weighted by Gasteiger charge is -2.36. The smallest absolute Gasteiger partial charge is 0.408 e. The number of piperidine rings is 1. The van der Waals surface area contributed by atoms with Crippen molar-refractivity contribution >= 4 is 11.7 Å². The van der Waals surface area contributed by atoms with Crippen molar-refractivity contribution in [3.05, 3.63) is 24.3 Å². The number of hydrogen-bond donors (Lipinski definition) is 1. The van der Waals surface area contributed by atoms with Crippen LogP contribution in [0.5, 0.6) is 5.75 Å². The molecule has 1 N–H and O–H groups in total. The van der Waals surface area contributed by atoms with Crippen LogP contribution in [-0.4, -0.2) is 36.3 Å². The summed E-state index contributed by atoms with van der Waals surface area (Å²) >= 11 is 0. The zero-order chi connectivity index (χ0) is 16.2. The van der Waals surface area contributed by atoms with E-state index in [1.165, 1.54) is 0 Å². The highest BCUT2D eigenvalue weighted by Gasteiger charge is 2.46. The third kappa shape index (κ3) is 3.84. The van der Waals surface area contributed by atoms with E-state index in [4.69, 9.17) is 4.74 Å². The van der Waals surface area contributed by atoms with E-state index in [-0.39, 0.29) is 13.0 Å². The van der Waals surface area contributed by atoms with Gasteiger partial charge in [-0.1, -0.05) is 12.1 Å². The van der Waals surface area contributed by atoms with Crippen molar-refractivity contribution in [3.8, 4) is 5.75 Å². The first-order valence-corrected chi connectivity index (χ1v) is 7.29. The van der Waals surface area contributed by atoms with Gasteiger partial charge < -0.3 is 15.0 Å². The molecule has 122 valence electrons. The molecule has 7 heteroatoms. The van der Waals surface area contributed by atoms with Crippen LogP contribution >= 0.6 is 0 Å². The zero-order valence-corrected chi connectivity index (χ0v) is 12.3. The number of rotatable bonds is 3. The van der Waals surface area contributed by atoms with Crippen LogP contribution in [0.4, 0.5) is 23.7 Å². The van der Waals surface area contributed by atoms with Crippen LogP contribution in [-0.2, 0) is 0 Å². The summed E-state index contributed by atoms with van der Waals surface area (Å²) in [6.07, 6.45) is -3.40. The Balaban J connectivity index is 2.14. The molecule has 1 aromatic rings. The van der Waals surface area contributed by atoms with Gasteiger partial charge in [0.15, 0.2) is 0 Å². The molecule has 1 unspecified atom stereocenters. The Morgan fingerprint density at radius 2 is 2.09 bits per heavy atom. The lowest BCUT2D eigenvalue weighted by Crippen LogP contribution is -2.52. The van der Waals surface area contributed by atoms with Crippen molar-refractivity contribution in [3.63, 3.8) is 0 Å². The number of anilines is 1. The first-order chi connectivity index (χ1) is 10.4. The van der Waals surface area contributed by atoms with Crippen LogP contribution in [0.3, 0.4) is 0 Å². The molecule has 1 fully saturated rings. The standard InChI is InChI=1S/C15H19F3N2O2/c1-2-22-12-8-4-3-7-11(12)19-14(21)20-10-6-5-9-13(20)15(16,17)18/h3-4,7-8,13H,2,5-6,9-10H2,1H3,(H,19,21). The highest BCUT2D eigenvalue weighted by Crippen LogP contribution is 2.33. The fourth-order valence-electron chi connectivity index (χ4n) is 2.55. The second-order valence-corrected chi connectivity index (χ2v) is 5.11. The van der Waals surface area contributed by atoms with Crippen molar-refractivity contribution < 1.29 is 22.7 Å². The molecule has 0 spiro atoms. The predicted molar refractivity (Wildman–Crippen MR) is 77.0 cm³/mol. The maximum Gasteiger partial charge on any atom is 0.408 e. The molecule has 0 aliphatic carbocycles. The summed E-state index contributed by atoms with van der Waals surface area (Å²) in [6.45, 7) is 2.30. The van der Waals surface area contributed by atoms with Gasteiger partial charge in [-0.2, -0.15) is 13.2 Å². The predicted octanol–water partition coefficient (Wildman–Crippen LogP) is 4.03. The third-order valence-corrected chi connectivity index (χ3v) is 3.57. The highest BCUT2D eigenvalue weighted by atomic mass is 19.4. The molecule has 0 radical (unpaired) electrons. The van der Waals surface area contributed by atoms with Crippen molar-refractivity contribution in [1.29, 1.82) is 0 Å². The Morgan fingerprint density at radius 1 is 1.36 bits per heavy atom. The third-order valence-electron chi connectivity index (χ3n) is 3.57. The number of carbonyl (C=O) groups is 1. The van der Waals surface area contributed by atoms with Gasteiger partial charge in [0, 0.05) is 6.54 Å². The molecule has 4 nitrogen and oxygen atoms in total. The first kappa shape index (κ1) is 16.5. The molecule has 2 rings (SSSR count). The molecule has 0 saturated carbocycles. The molecule has 1 aliphatic heterocycles. The second kappa shape index (κ2) is 6.89. The summed E-state index contributed by atoms with van der Waals surface area (Å²) < 4.78 is 44.5. The van der Waals surface area contributed by atoms with Crippen molar-refractivity contribution in [2.45, 2.75) is 38.4 Å². The Kier molecular flexibility index (Phi) is 5.15. The average molecular weight is 316 g/mol. The summed E-state index contributed by atoms with van der Waals surface area (Å²) in [7, 11) is 0. The van der Waals surface area contributed by atoms with Crippen molar-refractivity contribution in [1.82, 2.24) is 4.90 Å². The molecular formula is C15H19F3N2O2. The Morgan fingerprint density at radius 3 is 2.77 bits per heavy atom. The summed E-state index contributed by atoms with van der Waals surface area (Å²) in [5.41, 5.74) is 0.376. The lowest BCUT2D eigenvalue weighted by molar-refractivity contribution is -0.181. The van der Waals surface area contributed by atoms with Crippen LogP contribution in [0, 0.1) is 0 Å². The van der Waals surface area contributed by atoms with Gasteiger partial charge in [-0.3, -0.25) is 0 Å². The number of benzene rings is 1. The number of nitrogens with zero attached hydrogens (tertiary/aromatic N) is 1. The minimum absolute atomic E-state index is 0.0516. The van der Waals surface area contributed by atoms with Crippen molar-refractivity contribution in [2.24, 2.45) is 0 Å². The largest absolute Gasteiger partial charge is 0.492 e. The van der Waals surface area contributed by atoms with Gasteiger partial charge in [-0.25, -0.2) is 4.79 Å². The van der Waals surface area contributed by atoms with E-state index in [0.29, 0.717) is 30.9 Å². The second-order valence-electron chi connectivity index (χ2n) is 5.11. The van der Waals surface area contributed by atoms with Crippen LogP contribution in [0.15, 0.2) is 24.3 Å². The maximum absolute atomic E-state index is 13.0. The van der Waals surface area contributed by atoms with E-state index >= 15 is 0 Å². The number of hydrogen-bond acceptors (Lipinski definition) is 2. The Hall–Kier alpha value is -1.92. The Bertz CT molecular complexity index is 520. The number of halogens is 3. The summed E-state index contributed by atoms with van der Waals surface area (Å²) in [4.78, 5) is 13.1. The van der Waals surface area contributed by atoms with Gasteiger partial charge in [0.2, 0.25) is 0 Å². The highest BCUT2D eigenvalue weighted by molar-refractivity contribution is 5.91. The van der Waals surface area contributed by atoms with E-state index in [0.717, 1.165) is 4.90 Å². The average Bonchev–Trinajstić information content (AvgIpc) is 2.48. The molecule has 2 amide bonds. The normalized spacial score (nSPS) is 18.9. The summed E-state index contributed by atoms with van der Waals surface area (Å²) in [5, 5.41) is 2.53. The number of para-hydroxylation sites is 2. The molecule has 0 bridgehead atoms. The zero-order valence-electron chi connectivity index (χ0n) is 12.3. The summed E-state index contributed by atoms with van der Waals surface area (Å²) in [5.74, 6) is 0.443. The molecule has 0 aromatic heterocycles. The number of nitrogens with one attached hydrogen (secondary N) is 1. The van der Waals surface area contributed by atoms with Gasteiger partial charge in [0.25, 0.3) is 0 Å². The number of urea groups is 1. The number of likely N-dealkylation sites (tertiary alicyclic amines) is 1. The SMILES string of the molecule is CCOc1ccccc1NC(=O)N1CCCCC1C(F)(F)F. The van der Waals surface area contributed by atoms with Crippen molar-refractivity contribution in [2.75, 3.05) is 18.5 Å². The van der Waals surface area contributed by atoms with E-state index in [2.05, 4.69) is 5.32 Å². The number of carbonyl (C=O) groups excluding carboxylic acids is 1. The van der Waals surface area contributed by atoms with Gasteiger partial charge in [0.1, 0.15) is 11.8 Å². The minimum Gasteiger partial charge on any atom is -0.492 e. The van der Waals surface area contributed by atoms with Crippen LogP contribution in [0.2, 0.25) is 0 Å². The van der Waals surface area contributed by atoms with Gasteiger partial charge in [0.05, 0.1) is 12.3 Å². The quantitative estimate of drug-likeness (QED) is 0.914. The van der Waals surface area contributed by atoms with Gasteiger partial charge >= 0.3 is 12.2 Å². The molecule has 22 heavy (non-hydrogen) atoms. The Labute approximate surface area is 127 Å². The maximum atomic E-state index is 13.0. The minimum atomic E-state index is -4.41. The van der Waals surface area contributed by atoms with E-state index < -0.39 is 18.2 Å². The first-order valence-electron chi connectivity index (χ1n) is 7.29. The fraction of sp³-hybridized carbons (Fsp3) is 0.533. The molecule has 1 atom stereocenters. The van der Waals surface area contributed by atoms with Gasteiger partial charge in [-0.05, 0) is 38.3 Å². The van der Waals surface area contributed by atoms with E-state index in [1.54, 1.807) is 31.2 Å². The molecule has 1 aliphatic rings. The van der Waals surface area contributed by atoms with Gasteiger partial charge in [-0.15, -0.1) is 0 Å². The topological polar surface area (TPSA) is 41.6 Å². The molecule has 1 aromatic carbocycles. The summed E-state index contributed by atoms with van der Waals surface area (Å²) in [6, 6.07) is 4.23. The number of alkyl halides is 3. The van der Waals surface area contributed by atoms with E-state index in [9.17, 15) is 18.0 Å². The molecular weight excluding hydrogens is 297 g/mol. The van der Waals surface area contributed by atoms with E-state index in [1.807, 2.05) is 0 Å². The number of ether oxygens (including phenoxy) is 1. The lowest BCUT2D eigenvalue weighted by atomic mass is 10.0. The monoisotopic (exact) mass is 316 g/mol. The van der Waals surface area contributed by atoms with Crippen LogP contribution in [0.1, 0.15) is 26.2 Å². The fourth-order valence-corrected chi connectivity index (χ4v) is 2.55. The van der Waals surface area contributed by atoms with Crippen LogP contribution < -0.4 is 10.1 Å². The number of amides is 2.